The van der Waals surface area contributed by atoms with E-state index in [1.165, 1.54) is 32.1 Å². The Labute approximate surface area is 99.1 Å². The van der Waals surface area contributed by atoms with E-state index in [0.717, 1.165) is 12.8 Å². The molecule has 1 nitrogen and oxygen atoms in total. The van der Waals surface area contributed by atoms with Crippen LogP contribution < -0.4 is 0 Å². The van der Waals surface area contributed by atoms with Crippen LogP contribution in [0.3, 0.4) is 0 Å². The first kappa shape index (κ1) is 14.5. The molecule has 2 fully saturated rings. The van der Waals surface area contributed by atoms with Gasteiger partial charge in [0.25, 0.3) is 0 Å². The van der Waals surface area contributed by atoms with Gasteiger partial charge >= 0.3 is 0 Å². The topological polar surface area (TPSA) is 20.2 Å². The quantitative estimate of drug-likeness (QED) is 0.696. The van der Waals surface area contributed by atoms with Crippen molar-refractivity contribution in [3.63, 3.8) is 0 Å². The van der Waals surface area contributed by atoms with Gasteiger partial charge in [-0.3, -0.25) is 0 Å². The summed E-state index contributed by atoms with van der Waals surface area (Å²) in [5.41, 5.74) is 0. The molecule has 2 saturated carbocycles. The van der Waals surface area contributed by atoms with E-state index in [1.54, 1.807) is 0 Å². The van der Waals surface area contributed by atoms with Gasteiger partial charge in [0.2, 0.25) is 0 Å². The molecule has 0 aromatic carbocycles. The Morgan fingerprint density at radius 2 is 1.64 bits per heavy atom. The van der Waals surface area contributed by atoms with Crippen LogP contribution in [0.1, 0.15) is 51.9 Å². The minimum atomic E-state index is -0.145. The molecule has 0 amide bonds. The predicted molar refractivity (Wildman–Crippen MR) is 56.1 cm³/mol. The maximum absolute atomic E-state index is 9.00. The average Bonchev–Trinajstić information content (AvgIpc) is 2.82. The van der Waals surface area contributed by atoms with E-state index >= 15 is 0 Å². The minimum Gasteiger partial charge on any atom is -0.393 e. The van der Waals surface area contributed by atoms with Crippen molar-refractivity contribution in [1.29, 1.82) is 0 Å². The third-order valence-electron chi connectivity index (χ3n) is 2.92. The zero-order chi connectivity index (χ0) is 9.52. The second-order valence-corrected chi connectivity index (χ2v) is 4.18. The van der Waals surface area contributed by atoms with Crippen LogP contribution in [-0.4, -0.2) is 11.2 Å². The summed E-state index contributed by atoms with van der Waals surface area (Å²) >= 11 is 0. The Hall–Kier alpha value is 0.479. The Morgan fingerprint density at radius 3 is 1.86 bits per heavy atom. The summed E-state index contributed by atoms with van der Waals surface area (Å²) in [5, 5.41) is 9.00. The number of aliphatic hydroxyl groups excluding tert-OH is 1. The summed E-state index contributed by atoms with van der Waals surface area (Å²) in [5.74, 6) is 0.440. The monoisotopic (exact) mass is 238 g/mol. The molecule has 0 aliphatic heterocycles. The second-order valence-electron chi connectivity index (χ2n) is 4.18. The van der Waals surface area contributed by atoms with Gasteiger partial charge in [0, 0.05) is 17.1 Å². The SMILES string of the molecule is C1CCCC1.CC(O)C1[CH][CH]CC1.[Fe]. The van der Waals surface area contributed by atoms with Crippen molar-refractivity contribution < 1.29 is 22.2 Å². The normalized spacial score (nSPS) is 23.6. The largest absolute Gasteiger partial charge is 0.393 e. The van der Waals surface area contributed by atoms with Crippen molar-refractivity contribution in [2.24, 2.45) is 5.92 Å². The summed E-state index contributed by atoms with van der Waals surface area (Å²) in [6, 6.07) is 0. The molecular formula is C12H22FeO. The second kappa shape index (κ2) is 8.76. The maximum atomic E-state index is 9.00. The van der Waals surface area contributed by atoms with Gasteiger partial charge in [-0.2, -0.15) is 0 Å². The molecule has 2 atom stereocenters. The van der Waals surface area contributed by atoms with Crippen LogP contribution in [-0.2, 0) is 17.1 Å². The van der Waals surface area contributed by atoms with Crippen molar-refractivity contribution >= 4 is 0 Å². The van der Waals surface area contributed by atoms with E-state index < -0.39 is 0 Å². The Kier molecular flexibility index (Phi) is 9.06. The fraction of sp³-hybridized carbons (Fsp3) is 0.833. The smallest absolute Gasteiger partial charge is 0.0543 e. The zero-order valence-electron chi connectivity index (χ0n) is 9.06. The number of hydrogen-bond acceptors (Lipinski definition) is 1. The molecule has 14 heavy (non-hydrogen) atoms. The van der Waals surface area contributed by atoms with E-state index in [1.807, 2.05) is 6.92 Å². The van der Waals surface area contributed by atoms with Gasteiger partial charge in [-0.1, -0.05) is 32.1 Å². The zero-order valence-corrected chi connectivity index (χ0v) is 10.2. The van der Waals surface area contributed by atoms with Gasteiger partial charge in [-0.05, 0) is 38.5 Å². The fourth-order valence-electron chi connectivity index (χ4n) is 1.94. The van der Waals surface area contributed by atoms with Crippen molar-refractivity contribution in [2.45, 2.75) is 58.0 Å². The fourth-order valence-corrected chi connectivity index (χ4v) is 1.94. The van der Waals surface area contributed by atoms with Gasteiger partial charge < -0.3 is 5.11 Å². The van der Waals surface area contributed by atoms with Crippen LogP contribution in [0.15, 0.2) is 0 Å². The third-order valence-corrected chi connectivity index (χ3v) is 2.92. The Morgan fingerprint density at radius 1 is 1.14 bits per heavy atom. The van der Waals surface area contributed by atoms with Gasteiger partial charge in [0.15, 0.2) is 0 Å². The predicted octanol–water partition coefficient (Wildman–Crippen LogP) is 3.13. The summed E-state index contributed by atoms with van der Waals surface area (Å²) in [6.45, 7) is 1.85. The number of hydrogen-bond donors (Lipinski definition) is 1. The average molecular weight is 238 g/mol. The third kappa shape index (κ3) is 6.06. The summed E-state index contributed by atoms with van der Waals surface area (Å²) in [4.78, 5) is 0. The van der Waals surface area contributed by atoms with Crippen LogP contribution in [0, 0.1) is 18.8 Å². The molecule has 0 spiro atoms. The number of aliphatic hydroxyl groups is 1. The van der Waals surface area contributed by atoms with Gasteiger partial charge in [-0.25, -0.2) is 0 Å². The summed E-state index contributed by atoms with van der Waals surface area (Å²) < 4.78 is 0. The van der Waals surface area contributed by atoms with E-state index in [-0.39, 0.29) is 23.2 Å². The van der Waals surface area contributed by atoms with E-state index in [9.17, 15) is 0 Å². The van der Waals surface area contributed by atoms with Gasteiger partial charge in [-0.15, -0.1) is 0 Å². The maximum Gasteiger partial charge on any atom is 0.0543 e. The molecule has 0 aromatic heterocycles. The van der Waals surface area contributed by atoms with Crippen LogP contribution in [0.2, 0.25) is 0 Å². The molecule has 0 heterocycles. The molecule has 2 rings (SSSR count). The molecule has 0 aromatic rings. The van der Waals surface area contributed by atoms with Gasteiger partial charge in [0.05, 0.1) is 6.10 Å². The van der Waals surface area contributed by atoms with E-state index in [0.29, 0.717) is 5.92 Å². The van der Waals surface area contributed by atoms with Crippen molar-refractivity contribution in [3.05, 3.63) is 12.8 Å². The Balaban J connectivity index is 0.000000246. The van der Waals surface area contributed by atoms with Crippen LogP contribution in [0.5, 0.6) is 0 Å². The van der Waals surface area contributed by atoms with E-state index in [2.05, 4.69) is 12.8 Å². The molecule has 1 N–H and O–H groups in total. The van der Waals surface area contributed by atoms with Crippen LogP contribution >= 0.6 is 0 Å². The van der Waals surface area contributed by atoms with Crippen molar-refractivity contribution in [1.82, 2.24) is 0 Å². The molecule has 0 bridgehead atoms. The first-order valence-electron chi connectivity index (χ1n) is 5.65. The minimum absolute atomic E-state index is 0. The van der Waals surface area contributed by atoms with Crippen molar-refractivity contribution in [2.75, 3.05) is 0 Å². The molecule has 2 aliphatic rings. The number of rotatable bonds is 1. The Bertz CT molecular complexity index is 108. The molecule has 2 radical (unpaired) electrons. The first-order valence-corrected chi connectivity index (χ1v) is 5.65. The van der Waals surface area contributed by atoms with Crippen LogP contribution in [0.4, 0.5) is 0 Å². The van der Waals surface area contributed by atoms with Crippen LogP contribution in [0.25, 0.3) is 0 Å². The van der Waals surface area contributed by atoms with Crippen molar-refractivity contribution in [3.8, 4) is 0 Å². The molecule has 2 heteroatoms. The summed E-state index contributed by atoms with van der Waals surface area (Å²) in [7, 11) is 0. The molecule has 2 aliphatic carbocycles. The first-order chi connectivity index (χ1) is 6.30. The molecule has 2 unspecified atom stereocenters. The molecule has 84 valence electrons. The van der Waals surface area contributed by atoms with E-state index in [4.69, 9.17) is 5.11 Å². The standard InChI is InChI=1S/C7H12O.C5H10.Fe/c1-6(8)7-4-2-3-5-7;1-2-4-5-3-1;/h2,4,6-8H,3,5H2,1H3;1-5H2;. The molecule has 0 saturated heterocycles. The molecular weight excluding hydrogens is 216 g/mol. The summed E-state index contributed by atoms with van der Waals surface area (Å²) in [6.07, 6.45) is 13.9. The van der Waals surface area contributed by atoms with Gasteiger partial charge in [0.1, 0.15) is 0 Å².